The Bertz CT molecular complexity index is 772. The first kappa shape index (κ1) is 12.1. The van der Waals surface area contributed by atoms with E-state index in [1.54, 1.807) is 24.7 Å². The molecule has 1 aliphatic heterocycles. The summed E-state index contributed by atoms with van der Waals surface area (Å²) in [6.07, 6.45) is 5.15. The molecule has 21 heavy (non-hydrogen) atoms. The van der Waals surface area contributed by atoms with Crippen molar-refractivity contribution in [3.8, 4) is 11.6 Å². The molecule has 1 unspecified atom stereocenters. The van der Waals surface area contributed by atoms with Gasteiger partial charge in [0.15, 0.2) is 11.6 Å². The van der Waals surface area contributed by atoms with Crippen molar-refractivity contribution in [2.24, 2.45) is 0 Å². The molecule has 0 bridgehead atoms. The maximum Gasteiger partial charge on any atom is 0.197 e. The summed E-state index contributed by atoms with van der Waals surface area (Å²) < 4.78 is 0. The minimum Gasteiger partial charge on any atom is -0.301 e. The van der Waals surface area contributed by atoms with Crippen LogP contribution in [0.2, 0.25) is 0 Å². The minimum atomic E-state index is 0.103. The van der Waals surface area contributed by atoms with Crippen LogP contribution in [0.4, 0.5) is 0 Å². The normalized spacial score (nSPS) is 16.7. The van der Waals surface area contributed by atoms with Gasteiger partial charge in [0.25, 0.3) is 0 Å². The van der Waals surface area contributed by atoms with Gasteiger partial charge >= 0.3 is 0 Å². The van der Waals surface area contributed by atoms with Gasteiger partial charge < -0.3 is 5.32 Å². The first-order valence-corrected chi connectivity index (χ1v) is 6.83. The van der Waals surface area contributed by atoms with Crippen LogP contribution in [0.25, 0.3) is 11.6 Å². The second-order valence-electron chi connectivity index (χ2n) is 4.89. The first-order valence-electron chi connectivity index (χ1n) is 6.83. The SMILES string of the molecule is c1cnc(-c2nccc(C3NCc4ccccc43)n2)nc1. The molecule has 0 fully saturated rings. The standard InChI is InChI=1S/C16H13N5/c1-2-5-12-11(4-1)10-20-14(12)13-6-9-19-16(21-13)15-17-7-3-8-18-15/h1-9,14,20H,10H2. The molecule has 1 N–H and O–H groups in total. The Morgan fingerprint density at radius 2 is 1.67 bits per heavy atom. The maximum absolute atomic E-state index is 4.63. The third kappa shape index (κ3) is 2.17. The Hall–Kier alpha value is -2.66. The van der Waals surface area contributed by atoms with E-state index < -0.39 is 0 Å². The van der Waals surface area contributed by atoms with Gasteiger partial charge in [0.2, 0.25) is 0 Å². The molecule has 1 aliphatic rings. The third-order valence-corrected chi connectivity index (χ3v) is 3.60. The van der Waals surface area contributed by atoms with Crippen LogP contribution in [-0.2, 0) is 6.54 Å². The van der Waals surface area contributed by atoms with Crippen molar-refractivity contribution in [3.05, 3.63) is 71.8 Å². The summed E-state index contributed by atoms with van der Waals surface area (Å²) in [5, 5.41) is 3.49. The molecule has 3 aromatic rings. The highest BCUT2D eigenvalue weighted by Gasteiger charge is 2.24. The molecule has 5 heteroatoms. The highest BCUT2D eigenvalue weighted by Crippen LogP contribution is 2.29. The average Bonchev–Trinajstić information content (AvgIpc) is 3.00. The minimum absolute atomic E-state index is 0.103. The van der Waals surface area contributed by atoms with Gasteiger partial charge in [-0.15, -0.1) is 0 Å². The fraction of sp³-hybridized carbons (Fsp3) is 0.125. The smallest absolute Gasteiger partial charge is 0.197 e. The molecule has 0 amide bonds. The lowest BCUT2D eigenvalue weighted by atomic mass is 10.0. The molecule has 0 aliphatic carbocycles. The summed E-state index contributed by atoms with van der Waals surface area (Å²) in [5.41, 5.74) is 3.53. The van der Waals surface area contributed by atoms with Crippen LogP contribution in [0.15, 0.2) is 55.0 Å². The van der Waals surface area contributed by atoms with Gasteiger partial charge in [-0.05, 0) is 23.3 Å². The largest absolute Gasteiger partial charge is 0.301 e. The molecule has 0 spiro atoms. The van der Waals surface area contributed by atoms with Crippen molar-refractivity contribution in [1.82, 2.24) is 25.3 Å². The zero-order chi connectivity index (χ0) is 14.1. The van der Waals surface area contributed by atoms with Crippen molar-refractivity contribution >= 4 is 0 Å². The molecule has 102 valence electrons. The third-order valence-electron chi connectivity index (χ3n) is 3.60. The summed E-state index contributed by atoms with van der Waals surface area (Å²) in [6, 6.07) is 12.2. The van der Waals surface area contributed by atoms with E-state index in [1.807, 2.05) is 6.07 Å². The van der Waals surface area contributed by atoms with Gasteiger partial charge in [-0.1, -0.05) is 24.3 Å². The second-order valence-corrected chi connectivity index (χ2v) is 4.89. The molecule has 1 aromatic carbocycles. The summed E-state index contributed by atoms with van der Waals surface area (Å²) in [4.78, 5) is 17.3. The van der Waals surface area contributed by atoms with E-state index in [0.717, 1.165) is 12.2 Å². The molecule has 0 radical (unpaired) electrons. The summed E-state index contributed by atoms with van der Waals surface area (Å²) in [7, 11) is 0. The monoisotopic (exact) mass is 275 g/mol. The highest BCUT2D eigenvalue weighted by atomic mass is 15.0. The topological polar surface area (TPSA) is 63.6 Å². The van der Waals surface area contributed by atoms with Gasteiger partial charge in [-0.3, -0.25) is 0 Å². The van der Waals surface area contributed by atoms with Crippen LogP contribution < -0.4 is 5.32 Å². The number of hydrogen-bond donors (Lipinski definition) is 1. The maximum atomic E-state index is 4.63. The van der Waals surface area contributed by atoms with Crippen molar-refractivity contribution in [3.63, 3.8) is 0 Å². The van der Waals surface area contributed by atoms with Crippen molar-refractivity contribution in [2.75, 3.05) is 0 Å². The lowest BCUT2D eigenvalue weighted by molar-refractivity contribution is 0.649. The van der Waals surface area contributed by atoms with E-state index >= 15 is 0 Å². The number of hydrogen-bond acceptors (Lipinski definition) is 5. The second kappa shape index (κ2) is 5.03. The lowest BCUT2D eigenvalue weighted by Gasteiger charge is -2.12. The first-order chi connectivity index (χ1) is 10.4. The molecule has 0 saturated carbocycles. The van der Waals surface area contributed by atoms with Crippen LogP contribution >= 0.6 is 0 Å². The highest BCUT2D eigenvalue weighted by molar-refractivity contribution is 5.44. The fourth-order valence-corrected chi connectivity index (χ4v) is 2.62. The number of benzene rings is 1. The zero-order valence-electron chi connectivity index (χ0n) is 11.3. The van der Waals surface area contributed by atoms with Crippen LogP contribution in [0.3, 0.4) is 0 Å². The summed E-state index contributed by atoms with van der Waals surface area (Å²) in [5.74, 6) is 1.10. The van der Waals surface area contributed by atoms with Crippen LogP contribution in [-0.4, -0.2) is 19.9 Å². The van der Waals surface area contributed by atoms with E-state index in [1.165, 1.54) is 11.1 Å². The number of nitrogens with one attached hydrogen (secondary N) is 1. The van der Waals surface area contributed by atoms with Gasteiger partial charge in [0, 0.05) is 25.1 Å². The number of fused-ring (bicyclic) bond motifs is 1. The van der Waals surface area contributed by atoms with Gasteiger partial charge in [0.05, 0.1) is 11.7 Å². The quantitative estimate of drug-likeness (QED) is 0.776. The van der Waals surface area contributed by atoms with Crippen LogP contribution in [0.1, 0.15) is 22.9 Å². The predicted molar refractivity (Wildman–Crippen MR) is 78.2 cm³/mol. The van der Waals surface area contributed by atoms with E-state index in [0.29, 0.717) is 11.6 Å². The Morgan fingerprint density at radius 1 is 0.857 bits per heavy atom. The Labute approximate surface area is 122 Å². The van der Waals surface area contributed by atoms with Crippen molar-refractivity contribution in [1.29, 1.82) is 0 Å². The van der Waals surface area contributed by atoms with Crippen molar-refractivity contribution in [2.45, 2.75) is 12.6 Å². The van der Waals surface area contributed by atoms with Gasteiger partial charge in [-0.2, -0.15) is 0 Å². The molecule has 3 heterocycles. The van der Waals surface area contributed by atoms with Crippen LogP contribution in [0, 0.1) is 0 Å². The van der Waals surface area contributed by atoms with Gasteiger partial charge in [0.1, 0.15) is 0 Å². The van der Waals surface area contributed by atoms with Crippen LogP contribution in [0.5, 0.6) is 0 Å². The Morgan fingerprint density at radius 3 is 2.57 bits per heavy atom. The molecule has 0 saturated heterocycles. The lowest BCUT2D eigenvalue weighted by Crippen LogP contribution is -2.15. The molecule has 1 atom stereocenters. The number of nitrogens with zero attached hydrogens (tertiary/aromatic N) is 4. The molecule has 4 rings (SSSR count). The Kier molecular flexibility index (Phi) is 2.90. The number of rotatable bonds is 2. The summed E-state index contributed by atoms with van der Waals surface area (Å²) >= 11 is 0. The van der Waals surface area contributed by atoms with Crippen molar-refractivity contribution < 1.29 is 0 Å². The zero-order valence-corrected chi connectivity index (χ0v) is 11.3. The van der Waals surface area contributed by atoms with E-state index in [9.17, 15) is 0 Å². The van der Waals surface area contributed by atoms with E-state index in [4.69, 9.17) is 0 Å². The fourth-order valence-electron chi connectivity index (χ4n) is 2.62. The van der Waals surface area contributed by atoms with E-state index in [2.05, 4.69) is 49.5 Å². The molecular weight excluding hydrogens is 262 g/mol. The molecular formula is C16H13N5. The van der Waals surface area contributed by atoms with E-state index in [-0.39, 0.29) is 6.04 Å². The predicted octanol–water partition coefficient (Wildman–Crippen LogP) is 2.13. The average molecular weight is 275 g/mol. The summed E-state index contributed by atoms with van der Waals surface area (Å²) in [6.45, 7) is 0.863. The van der Waals surface area contributed by atoms with Gasteiger partial charge in [-0.25, -0.2) is 19.9 Å². The number of aromatic nitrogens is 4. The molecule has 5 nitrogen and oxygen atoms in total. The Balaban J connectivity index is 1.75. The molecule has 2 aromatic heterocycles.